The summed E-state index contributed by atoms with van der Waals surface area (Å²) in [6.07, 6.45) is 4.90. The molecule has 0 amide bonds. The van der Waals surface area contributed by atoms with Crippen molar-refractivity contribution >= 4 is 28.6 Å². The maximum atomic E-state index is 11.4. The predicted octanol–water partition coefficient (Wildman–Crippen LogP) is 1.72. The zero-order chi connectivity index (χ0) is 20.2. The molecule has 0 bridgehead atoms. The fraction of sp³-hybridized carbons (Fsp3) is 0.263. The number of nitrogens with one attached hydrogen (secondary N) is 1. The smallest absolute Gasteiger partial charge is 0.226 e. The Labute approximate surface area is 171 Å². The van der Waals surface area contributed by atoms with Gasteiger partial charge in [0.05, 0.1) is 24.6 Å². The highest BCUT2D eigenvalue weighted by atomic mass is 32.2. The Hall–Kier alpha value is -3.11. The monoisotopic (exact) mass is 411 g/mol. The molecule has 3 aromatic rings. The van der Waals surface area contributed by atoms with Crippen molar-refractivity contribution in [2.45, 2.75) is 0 Å². The van der Waals surface area contributed by atoms with Gasteiger partial charge in [-0.05, 0) is 18.2 Å². The van der Waals surface area contributed by atoms with Crippen LogP contribution >= 0.6 is 0 Å². The second kappa shape index (κ2) is 8.50. The van der Waals surface area contributed by atoms with Crippen molar-refractivity contribution in [3.05, 3.63) is 42.7 Å². The summed E-state index contributed by atoms with van der Waals surface area (Å²) in [6, 6.07) is 9.52. The quantitative estimate of drug-likeness (QED) is 0.651. The zero-order valence-electron chi connectivity index (χ0n) is 15.9. The van der Waals surface area contributed by atoms with E-state index < -0.39 is 11.0 Å². The minimum atomic E-state index is -1.12. The predicted molar refractivity (Wildman–Crippen MR) is 114 cm³/mol. The number of nitrogens with zero attached hydrogens (tertiary/aromatic N) is 5. The van der Waals surface area contributed by atoms with Gasteiger partial charge in [0.2, 0.25) is 11.9 Å². The molecular weight excluding hydrogens is 390 g/mol. The van der Waals surface area contributed by atoms with Gasteiger partial charge in [0.25, 0.3) is 0 Å². The first kappa shape index (κ1) is 19.2. The van der Waals surface area contributed by atoms with E-state index >= 15 is 0 Å². The van der Waals surface area contributed by atoms with Gasteiger partial charge in [-0.1, -0.05) is 12.1 Å². The van der Waals surface area contributed by atoms with Crippen molar-refractivity contribution in [2.24, 2.45) is 0 Å². The molecule has 1 aromatic carbocycles. The van der Waals surface area contributed by atoms with Crippen LogP contribution in [-0.2, 0) is 15.7 Å². The number of hydrogen-bond donors (Lipinski definition) is 2. The summed E-state index contributed by atoms with van der Waals surface area (Å²) in [7, 11) is -1.12. The first-order chi connectivity index (χ1) is 14.1. The molecule has 0 radical (unpaired) electrons. The fourth-order valence-electron chi connectivity index (χ4n) is 2.98. The molecule has 9 nitrogen and oxygen atoms in total. The summed E-state index contributed by atoms with van der Waals surface area (Å²) >= 11 is 0. The van der Waals surface area contributed by atoms with Gasteiger partial charge in [-0.2, -0.15) is 0 Å². The van der Waals surface area contributed by atoms with Crippen LogP contribution in [0.25, 0.3) is 22.5 Å². The van der Waals surface area contributed by atoms with Crippen LogP contribution in [0.5, 0.6) is 0 Å². The Balaban J connectivity index is 1.74. The molecule has 1 unspecified atom stereocenters. The molecule has 0 aliphatic carbocycles. The van der Waals surface area contributed by atoms with E-state index in [1.54, 1.807) is 18.6 Å². The van der Waals surface area contributed by atoms with E-state index in [1.807, 2.05) is 30.3 Å². The molecule has 4 rings (SSSR count). The molecule has 0 spiro atoms. The second-order valence-corrected chi connectivity index (χ2v) is 7.61. The highest BCUT2D eigenvalue weighted by Gasteiger charge is 2.17. The van der Waals surface area contributed by atoms with Crippen LogP contribution in [0.4, 0.5) is 17.6 Å². The number of ether oxygens (including phenoxy) is 1. The Kier molecular flexibility index (Phi) is 5.63. The molecule has 2 aromatic heterocycles. The van der Waals surface area contributed by atoms with Gasteiger partial charge >= 0.3 is 0 Å². The van der Waals surface area contributed by atoms with E-state index in [0.717, 1.165) is 35.6 Å². The first-order valence-electron chi connectivity index (χ1n) is 9.09. The van der Waals surface area contributed by atoms with Crippen LogP contribution in [0, 0.1) is 0 Å². The lowest BCUT2D eigenvalue weighted by molar-refractivity contribution is 0.122. The van der Waals surface area contributed by atoms with Gasteiger partial charge in [0, 0.05) is 48.6 Å². The molecule has 1 atom stereocenters. The van der Waals surface area contributed by atoms with Crippen molar-refractivity contribution in [1.29, 1.82) is 0 Å². The van der Waals surface area contributed by atoms with Gasteiger partial charge in [0.15, 0.2) is 0 Å². The van der Waals surface area contributed by atoms with E-state index in [0.29, 0.717) is 24.9 Å². The molecule has 150 valence electrons. The van der Waals surface area contributed by atoms with Crippen molar-refractivity contribution in [2.75, 3.05) is 47.9 Å². The fourth-order valence-corrected chi connectivity index (χ4v) is 3.45. The van der Waals surface area contributed by atoms with Gasteiger partial charge in [-0.3, -0.25) is 0 Å². The Bertz CT molecular complexity index is 1010. The van der Waals surface area contributed by atoms with Crippen LogP contribution in [0.2, 0.25) is 0 Å². The lowest BCUT2D eigenvalue weighted by Crippen LogP contribution is -2.37. The third-order valence-electron chi connectivity index (χ3n) is 4.42. The first-order valence-corrected chi connectivity index (χ1v) is 10.6. The molecule has 0 saturated carbocycles. The molecular formula is C19H21N7O2S. The van der Waals surface area contributed by atoms with Crippen LogP contribution < -0.4 is 15.4 Å². The Morgan fingerprint density at radius 3 is 2.28 bits per heavy atom. The summed E-state index contributed by atoms with van der Waals surface area (Å²) in [5.74, 6) is 0.849. The van der Waals surface area contributed by atoms with Gasteiger partial charge in [0.1, 0.15) is 11.0 Å². The SMILES string of the molecule is CS(=O)Nc1ccc(-c2cc(-c3cnc(N)nc3)nc(N3CCOCC3)n2)cc1. The summed E-state index contributed by atoms with van der Waals surface area (Å²) < 4.78 is 19.7. The minimum absolute atomic E-state index is 0.216. The van der Waals surface area contributed by atoms with Crippen molar-refractivity contribution in [3.63, 3.8) is 0 Å². The maximum Gasteiger partial charge on any atom is 0.226 e. The van der Waals surface area contributed by atoms with Crippen LogP contribution in [-0.4, -0.2) is 56.7 Å². The topological polar surface area (TPSA) is 119 Å². The number of nitrogens with two attached hydrogens (primary N) is 1. The van der Waals surface area contributed by atoms with Crippen LogP contribution in [0.3, 0.4) is 0 Å². The number of morpholine rings is 1. The average molecular weight is 411 g/mol. The summed E-state index contributed by atoms with van der Waals surface area (Å²) in [4.78, 5) is 19.8. The lowest BCUT2D eigenvalue weighted by atomic mass is 10.1. The number of hydrogen-bond acceptors (Lipinski definition) is 8. The normalized spacial score (nSPS) is 15.1. The van der Waals surface area contributed by atoms with Crippen molar-refractivity contribution in [1.82, 2.24) is 19.9 Å². The van der Waals surface area contributed by atoms with Crippen LogP contribution in [0.1, 0.15) is 0 Å². The number of nitrogen functional groups attached to an aromatic ring is 1. The van der Waals surface area contributed by atoms with E-state index in [4.69, 9.17) is 20.4 Å². The third-order valence-corrected chi connectivity index (χ3v) is 4.94. The number of benzene rings is 1. The van der Waals surface area contributed by atoms with E-state index in [9.17, 15) is 4.21 Å². The highest BCUT2D eigenvalue weighted by molar-refractivity contribution is 7.85. The number of rotatable bonds is 5. The summed E-state index contributed by atoms with van der Waals surface area (Å²) in [6.45, 7) is 2.74. The molecule has 3 N–H and O–H groups in total. The van der Waals surface area contributed by atoms with Crippen LogP contribution in [0.15, 0.2) is 42.7 Å². The third kappa shape index (κ3) is 4.66. The minimum Gasteiger partial charge on any atom is -0.378 e. The molecule has 10 heteroatoms. The zero-order valence-corrected chi connectivity index (χ0v) is 16.7. The number of anilines is 3. The highest BCUT2D eigenvalue weighted by Crippen LogP contribution is 2.27. The Morgan fingerprint density at radius 2 is 1.66 bits per heavy atom. The summed E-state index contributed by atoms with van der Waals surface area (Å²) in [5, 5.41) is 0. The van der Waals surface area contributed by atoms with Gasteiger partial charge in [-0.25, -0.2) is 24.1 Å². The molecule has 1 saturated heterocycles. The van der Waals surface area contributed by atoms with Crippen molar-refractivity contribution < 1.29 is 8.95 Å². The molecule has 1 aliphatic rings. The Morgan fingerprint density at radius 1 is 1.03 bits per heavy atom. The molecule has 1 aliphatic heterocycles. The maximum absolute atomic E-state index is 11.4. The lowest BCUT2D eigenvalue weighted by Gasteiger charge is -2.27. The van der Waals surface area contributed by atoms with E-state index in [1.165, 1.54) is 0 Å². The standard InChI is InChI=1S/C19H21N7O2S/c1-29(27)25-15-4-2-13(3-5-15)16-10-17(14-11-21-18(20)22-12-14)24-19(23-16)26-6-8-28-9-7-26/h2-5,10-12,25H,6-9H2,1H3,(H2,20,21,22). The molecule has 3 heterocycles. The van der Waals surface area contributed by atoms with Gasteiger partial charge in [-0.15, -0.1) is 0 Å². The molecule has 29 heavy (non-hydrogen) atoms. The van der Waals surface area contributed by atoms with Crippen molar-refractivity contribution in [3.8, 4) is 22.5 Å². The number of aromatic nitrogens is 4. The average Bonchev–Trinajstić information content (AvgIpc) is 2.75. The second-order valence-electron chi connectivity index (χ2n) is 6.50. The van der Waals surface area contributed by atoms with E-state index in [-0.39, 0.29) is 5.95 Å². The largest absolute Gasteiger partial charge is 0.378 e. The van der Waals surface area contributed by atoms with E-state index in [2.05, 4.69) is 19.6 Å². The molecule has 1 fully saturated rings. The van der Waals surface area contributed by atoms with Gasteiger partial charge < -0.3 is 20.1 Å². The summed E-state index contributed by atoms with van der Waals surface area (Å²) in [5.41, 5.74) is 9.57.